The van der Waals surface area contributed by atoms with Crippen LogP contribution in [0.4, 0.5) is 0 Å². The molecule has 1 saturated heterocycles. The van der Waals surface area contributed by atoms with E-state index < -0.39 is 17.0 Å². The average molecular weight is 522 g/mol. The highest BCUT2D eigenvalue weighted by molar-refractivity contribution is 5.85. The van der Waals surface area contributed by atoms with Gasteiger partial charge in [-0.05, 0) is 93.8 Å². The van der Waals surface area contributed by atoms with Crippen LogP contribution in [0.1, 0.15) is 61.8 Å². The normalized spacial score (nSPS) is 15.2. The molecule has 0 amide bonds. The molecule has 0 unspecified atom stereocenters. The lowest BCUT2D eigenvalue weighted by Crippen LogP contribution is -2.44. The molecule has 5 heteroatoms. The molecular weight excluding hydrogens is 482 g/mol. The quantitative estimate of drug-likeness (QED) is 0.301. The highest BCUT2D eigenvalue weighted by Gasteiger charge is 2.41. The highest BCUT2D eigenvalue weighted by Crippen LogP contribution is 2.41. The van der Waals surface area contributed by atoms with E-state index in [1.807, 2.05) is 48.5 Å². The van der Waals surface area contributed by atoms with E-state index in [2.05, 4.69) is 41.3 Å². The second-order valence-corrected chi connectivity index (χ2v) is 10.7. The second-order valence-electron chi connectivity index (χ2n) is 10.7. The van der Waals surface area contributed by atoms with Crippen LogP contribution in [0, 0.1) is 5.92 Å². The molecule has 3 aromatic rings. The predicted octanol–water partition coefficient (Wildman–Crippen LogP) is 6.44. The number of piperidine rings is 1. The zero-order valence-electron chi connectivity index (χ0n) is 22.0. The van der Waals surface area contributed by atoms with Gasteiger partial charge < -0.3 is 15.1 Å². The maximum absolute atomic E-state index is 12.1. The lowest BCUT2D eigenvalue weighted by molar-refractivity contribution is -0.142. The molecule has 0 aliphatic carbocycles. The summed E-state index contributed by atoms with van der Waals surface area (Å²) >= 11 is 0. The van der Waals surface area contributed by atoms with E-state index in [-0.39, 0.29) is 18.3 Å². The first-order valence-corrected chi connectivity index (χ1v) is 13.2. The highest BCUT2D eigenvalue weighted by atomic mass is 35.5. The number of benzene rings is 3. The first-order chi connectivity index (χ1) is 17.3. The number of carbonyl (C=O) groups is 1. The summed E-state index contributed by atoms with van der Waals surface area (Å²) in [5.41, 5.74) is 2.23. The predicted molar refractivity (Wildman–Crippen MR) is 152 cm³/mol. The van der Waals surface area contributed by atoms with Gasteiger partial charge in [0.2, 0.25) is 0 Å². The fourth-order valence-corrected chi connectivity index (χ4v) is 5.47. The first-order valence-electron chi connectivity index (χ1n) is 13.2. The second kappa shape index (κ2) is 12.7. The third kappa shape index (κ3) is 6.62. The number of nitrogens with zero attached hydrogens (tertiary/aromatic N) is 1. The molecule has 2 N–H and O–H groups in total. The number of rotatable bonds is 10. The Morgan fingerprint density at radius 1 is 0.811 bits per heavy atom. The molecule has 198 valence electrons. The summed E-state index contributed by atoms with van der Waals surface area (Å²) in [7, 11) is 0. The van der Waals surface area contributed by atoms with Gasteiger partial charge in [0.05, 0.1) is 5.41 Å². The third-order valence-corrected chi connectivity index (χ3v) is 8.01. The van der Waals surface area contributed by atoms with Crippen molar-refractivity contribution < 1.29 is 15.0 Å². The zero-order valence-corrected chi connectivity index (χ0v) is 22.8. The molecule has 1 aliphatic heterocycles. The molecule has 4 nitrogen and oxygen atoms in total. The van der Waals surface area contributed by atoms with Gasteiger partial charge in [-0.3, -0.25) is 4.79 Å². The van der Waals surface area contributed by atoms with E-state index in [0.29, 0.717) is 0 Å². The van der Waals surface area contributed by atoms with Crippen LogP contribution in [0.2, 0.25) is 0 Å². The Bertz CT molecular complexity index is 1070. The number of aryl methyl sites for hydroxylation is 1. The Balaban J connectivity index is 0.00000380. The van der Waals surface area contributed by atoms with Crippen molar-refractivity contribution in [2.24, 2.45) is 5.92 Å². The topological polar surface area (TPSA) is 60.8 Å². The molecular formula is C32H40ClNO3. The van der Waals surface area contributed by atoms with Crippen molar-refractivity contribution in [2.45, 2.75) is 57.0 Å². The summed E-state index contributed by atoms with van der Waals surface area (Å²) in [4.78, 5) is 14.0. The number of halogens is 1. The molecule has 0 spiro atoms. The van der Waals surface area contributed by atoms with Crippen molar-refractivity contribution in [1.29, 1.82) is 0 Å². The van der Waals surface area contributed by atoms with E-state index in [1.165, 1.54) is 5.56 Å². The number of likely N-dealkylation sites (tertiary alicyclic amines) is 1. The van der Waals surface area contributed by atoms with Gasteiger partial charge in [0.1, 0.15) is 5.60 Å². The van der Waals surface area contributed by atoms with Gasteiger partial charge >= 0.3 is 5.97 Å². The Morgan fingerprint density at radius 3 is 1.81 bits per heavy atom. The lowest BCUT2D eigenvalue weighted by atomic mass is 9.72. The fraction of sp³-hybridized carbons (Fsp3) is 0.406. The molecule has 0 saturated carbocycles. The minimum Gasteiger partial charge on any atom is -0.481 e. The minimum atomic E-state index is -0.962. The van der Waals surface area contributed by atoms with Crippen LogP contribution >= 0.6 is 12.4 Å². The maximum Gasteiger partial charge on any atom is 0.313 e. The number of carboxylic acids is 1. The molecule has 37 heavy (non-hydrogen) atoms. The van der Waals surface area contributed by atoms with Gasteiger partial charge in [0.15, 0.2) is 0 Å². The van der Waals surface area contributed by atoms with Crippen molar-refractivity contribution in [3.05, 3.63) is 107 Å². The number of aliphatic hydroxyl groups is 1. The van der Waals surface area contributed by atoms with Crippen molar-refractivity contribution in [1.82, 2.24) is 4.90 Å². The largest absolute Gasteiger partial charge is 0.481 e. The van der Waals surface area contributed by atoms with Crippen LogP contribution in [-0.2, 0) is 22.2 Å². The van der Waals surface area contributed by atoms with Crippen LogP contribution in [0.15, 0.2) is 84.9 Å². The van der Waals surface area contributed by atoms with Gasteiger partial charge in [0, 0.05) is 0 Å². The van der Waals surface area contributed by atoms with Crippen molar-refractivity contribution in [3.63, 3.8) is 0 Å². The van der Waals surface area contributed by atoms with Crippen LogP contribution in [0.5, 0.6) is 0 Å². The molecule has 1 heterocycles. The summed E-state index contributed by atoms with van der Waals surface area (Å²) in [6.07, 6.45) is 5.20. The number of carboxylic acid groups (broad SMARTS) is 1. The Morgan fingerprint density at radius 2 is 1.32 bits per heavy atom. The van der Waals surface area contributed by atoms with E-state index in [0.717, 1.165) is 68.4 Å². The van der Waals surface area contributed by atoms with E-state index >= 15 is 0 Å². The van der Waals surface area contributed by atoms with Gasteiger partial charge in [-0.25, -0.2) is 0 Å². The Labute approximate surface area is 227 Å². The van der Waals surface area contributed by atoms with Gasteiger partial charge in [0.25, 0.3) is 0 Å². The first kappa shape index (κ1) is 28.9. The fourth-order valence-electron chi connectivity index (χ4n) is 5.47. The minimum absolute atomic E-state index is 0. The third-order valence-electron chi connectivity index (χ3n) is 8.01. The molecule has 0 bridgehead atoms. The van der Waals surface area contributed by atoms with Gasteiger partial charge in [-0.2, -0.15) is 0 Å². The summed E-state index contributed by atoms with van der Waals surface area (Å²) < 4.78 is 0. The number of aliphatic carboxylic acids is 1. The summed E-state index contributed by atoms with van der Waals surface area (Å²) in [5.74, 6) is -0.614. The van der Waals surface area contributed by atoms with Crippen molar-refractivity contribution in [2.75, 3.05) is 19.6 Å². The van der Waals surface area contributed by atoms with E-state index in [4.69, 9.17) is 0 Å². The molecule has 3 aromatic carbocycles. The average Bonchev–Trinajstić information content (AvgIpc) is 2.92. The summed E-state index contributed by atoms with van der Waals surface area (Å²) in [6.45, 7) is 6.57. The smallest absolute Gasteiger partial charge is 0.313 e. The van der Waals surface area contributed by atoms with Crippen molar-refractivity contribution in [3.8, 4) is 0 Å². The number of hydrogen-bond donors (Lipinski definition) is 2. The molecule has 1 aliphatic rings. The molecule has 0 radical (unpaired) electrons. The summed E-state index contributed by atoms with van der Waals surface area (Å²) in [6, 6.07) is 28.3. The SMILES string of the molecule is CC(C)(C(=O)O)c1ccc(CCCCN2CCC(C(O)(c3ccccc3)c3ccccc3)CC2)cc1.Cl. The van der Waals surface area contributed by atoms with Crippen molar-refractivity contribution >= 4 is 18.4 Å². The lowest BCUT2D eigenvalue weighted by Gasteiger charge is -2.42. The Kier molecular flexibility index (Phi) is 9.94. The number of unbranched alkanes of at least 4 members (excludes halogenated alkanes) is 1. The summed E-state index contributed by atoms with van der Waals surface area (Å²) in [5, 5.41) is 21.5. The molecule has 1 fully saturated rings. The Hall–Kier alpha value is -2.66. The van der Waals surface area contributed by atoms with E-state index in [1.54, 1.807) is 13.8 Å². The molecule has 0 aromatic heterocycles. The maximum atomic E-state index is 12.1. The number of hydrogen-bond acceptors (Lipinski definition) is 3. The van der Waals surface area contributed by atoms with Crippen LogP contribution < -0.4 is 0 Å². The van der Waals surface area contributed by atoms with E-state index in [9.17, 15) is 15.0 Å². The zero-order chi connectivity index (χ0) is 25.6. The van der Waals surface area contributed by atoms with Crippen LogP contribution in [0.3, 0.4) is 0 Å². The molecule has 4 rings (SSSR count). The van der Waals surface area contributed by atoms with Crippen LogP contribution in [0.25, 0.3) is 0 Å². The molecule has 0 atom stereocenters. The van der Waals surface area contributed by atoms with Crippen LogP contribution in [-0.4, -0.2) is 40.7 Å². The van der Waals surface area contributed by atoms with Gasteiger partial charge in [-0.1, -0.05) is 84.9 Å². The monoisotopic (exact) mass is 521 g/mol. The van der Waals surface area contributed by atoms with Gasteiger partial charge in [-0.15, -0.1) is 12.4 Å². The standard InChI is InChI=1S/C32H39NO3.ClH/c1-31(2,30(34)35)26-18-16-25(17-19-26)11-9-10-22-33-23-20-29(21-24-33)32(36,27-12-5-3-6-13-27)28-14-7-4-8-15-28;/h3-8,12-19,29,36H,9-11,20-24H2,1-2H3,(H,34,35);1H.